The van der Waals surface area contributed by atoms with Gasteiger partial charge >= 0.3 is 0 Å². The van der Waals surface area contributed by atoms with Crippen LogP contribution in [0.15, 0.2) is 47.4 Å². The Balaban J connectivity index is 1.49. The minimum Gasteiger partial charge on any atom is -0.490 e. The molecule has 2 aromatic rings. The Hall–Kier alpha value is -2.14. The summed E-state index contributed by atoms with van der Waals surface area (Å²) >= 11 is 1.50. The fourth-order valence-corrected chi connectivity index (χ4v) is 3.09. The van der Waals surface area contributed by atoms with Crippen LogP contribution in [0.25, 0.3) is 0 Å². The summed E-state index contributed by atoms with van der Waals surface area (Å²) < 4.78 is 11.3. The van der Waals surface area contributed by atoms with Gasteiger partial charge in [-0.2, -0.15) is 0 Å². The smallest absolute Gasteiger partial charge is 0.230 e. The summed E-state index contributed by atoms with van der Waals surface area (Å²) in [5, 5.41) is 2.95. The van der Waals surface area contributed by atoms with Crippen molar-refractivity contribution in [2.45, 2.75) is 24.8 Å². The molecule has 1 amide bonds. The lowest BCUT2D eigenvalue weighted by Gasteiger charge is -2.09. The van der Waals surface area contributed by atoms with Crippen molar-refractivity contribution in [3.05, 3.63) is 53.6 Å². The SMILES string of the molecule is Cc1ccc(CNC(=O)CSc2ccc3c(c2)OCCCO3)cc1. The first-order chi connectivity index (χ1) is 11.7. The number of fused-ring (bicyclic) bond motifs is 1. The van der Waals surface area contributed by atoms with E-state index >= 15 is 0 Å². The number of carbonyl (C=O) groups excluding carboxylic acids is 1. The van der Waals surface area contributed by atoms with E-state index in [0.717, 1.165) is 28.4 Å². The number of thioether (sulfide) groups is 1. The van der Waals surface area contributed by atoms with Gasteiger partial charge in [0.2, 0.25) is 5.91 Å². The van der Waals surface area contributed by atoms with Crippen LogP contribution in [0.4, 0.5) is 0 Å². The van der Waals surface area contributed by atoms with Gasteiger partial charge in [0.25, 0.3) is 0 Å². The van der Waals surface area contributed by atoms with Crippen molar-refractivity contribution in [1.82, 2.24) is 5.32 Å². The topological polar surface area (TPSA) is 47.6 Å². The van der Waals surface area contributed by atoms with Gasteiger partial charge in [-0.15, -0.1) is 11.8 Å². The number of aryl methyl sites for hydroxylation is 1. The lowest BCUT2D eigenvalue weighted by molar-refractivity contribution is -0.118. The fraction of sp³-hybridized carbons (Fsp3) is 0.316. The zero-order valence-corrected chi connectivity index (χ0v) is 14.5. The van der Waals surface area contributed by atoms with Crippen molar-refractivity contribution in [3.8, 4) is 11.5 Å². The Morgan fingerprint density at radius 1 is 1.08 bits per heavy atom. The van der Waals surface area contributed by atoms with Gasteiger partial charge in [0.15, 0.2) is 11.5 Å². The molecule has 0 aliphatic carbocycles. The number of hydrogen-bond acceptors (Lipinski definition) is 4. The van der Waals surface area contributed by atoms with Crippen LogP contribution in [0.2, 0.25) is 0 Å². The first-order valence-corrected chi connectivity index (χ1v) is 9.04. The summed E-state index contributed by atoms with van der Waals surface area (Å²) in [5.41, 5.74) is 2.32. The number of rotatable bonds is 5. The van der Waals surface area contributed by atoms with Crippen LogP contribution in [0, 0.1) is 6.92 Å². The molecule has 24 heavy (non-hydrogen) atoms. The van der Waals surface area contributed by atoms with E-state index in [-0.39, 0.29) is 5.91 Å². The van der Waals surface area contributed by atoms with Crippen LogP contribution in [0.1, 0.15) is 17.5 Å². The zero-order valence-electron chi connectivity index (χ0n) is 13.7. The van der Waals surface area contributed by atoms with Crippen LogP contribution >= 0.6 is 11.8 Å². The monoisotopic (exact) mass is 343 g/mol. The molecule has 2 aromatic carbocycles. The molecule has 0 spiro atoms. The summed E-state index contributed by atoms with van der Waals surface area (Å²) in [6.07, 6.45) is 0.887. The van der Waals surface area contributed by atoms with Gasteiger partial charge in [0.1, 0.15) is 0 Å². The van der Waals surface area contributed by atoms with Crippen LogP contribution in [0.3, 0.4) is 0 Å². The van der Waals surface area contributed by atoms with Gasteiger partial charge in [0, 0.05) is 17.9 Å². The molecule has 0 fully saturated rings. The molecule has 0 bridgehead atoms. The minimum absolute atomic E-state index is 0.0210. The van der Waals surface area contributed by atoms with Crippen LogP contribution in [0.5, 0.6) is 11.5 Å². The van der Waals surface area contributed by atoms with Gasteiger partial charge < -0.3 is 14.8 Å². The Bertz CT molecular complexity index is 700. The first-order valence-electron chi connectivity index (χ1n) is 8.05. The van der Waals surface area contributed by atoms with E-state index in [1.807, 2.05) is 49.4 Å². The summed E-state index contributed by atoms with van der Waals surface area (Å²) in [4.78, 5) is 13.0. The molecule has 0 radical (unpaired) electrons. The third-order valence-corrected chi connectivity index (χ3v) is 4.69. The van der Waals surface area contributed by atoms with Gasteiger partial charge in [0.05, 0.1) is 19.0 Å². The molecule has 1 heterocycles. The van der Waals surface area contributed by atoms with Crippen molar-refractivity contribution in [2.24, 2.45) is 0 Å². The number of hydrogen-bond donors (Lipinski definition) is 1. The molecule has 126 valence electrons. The Morgan fingerprint density at radius 2 is 1.83 bits per heavy atom. The predicted molar refractivity (Wildman–Crippen MR) is 95.8 cm³/mol. The zero-order chi connectivity index (χ0) is 16.8. The molecule has 3 rings (SSSR count). The third-order valence-electron chi connectivity index (χ3n) is 3.70. The number of carbonyl (C=O) groups is 1. The first kappa shape index (κ1) is 16.7. The van der Waals surface area contributed by atoms with Crippen LogP contribution in [-0.2, 0) is 11.3 Å². The van der Waals surface area contributed by atoms with Crippen molar-refractivity contribution >= 4 is 17.7 Å². The molecule has 1 N–H and O–H groups in total. The molecular weight excluding hydrogens is 322 g/mol. The van der Waals surface area contributed by atoms with E-state index in [1.54, 1.807) is 0 Å². The number of benzene rings is 2. The van der Waals surface area contributed by atoms with E-state index in [2.05, 4.69) is 5.32 Å². The second-order valence-corrected chi connectivity index (χ2v) is 6.76. The molecule has 1 aliphatic rings. The Morgan fingerprint density at radius 3 is 2.62 bits per heavy atom. The van der Waals surface area contributed by atoms with Gasteiger partial charge in [-0.1, -0.05) is 29.8 Å². The summed E-state index contributed by atoms with van der Waals surface area (Å²) in [6.45, 7) is 3.95. The van der Waals surface area contributed by atoms with E-state index < -0.39 is 0 Å². The maximum atomic E-state index is 12.0. The lowest BCUT2D eigenvalue weighted by atomic mass is 10.1. The minimum atomic E-state index is 0.0210. The van der Waals surface area contributed by atoms with E-state index in [1.165, 1.54) is 17.3 Å². The number of ether oxygens (including phenoxy) is 2. The van der Waals surface area contributed by atoms with Crippen molar-refractivity contribution in [2.75, 3.05) is 19.0 Å². The van der Waals surface area contributed by atoms with Gasteiger partial charge in [-0.05, 0) is 30.7 Å². The predicted octanol–water partition coefficient (Wildman–Crippen LogP) is 3.56. The molecule has 0 saturated carbocycles. The van der Waals surface area contributed by atoms with E-state index in [9.17, 15) is 4.79 Å². The molecule has 5 heteroatoms. The van der Waals surface area contributed by atoms with Crippen molar-refractivity contribution < 1.29 is 14.3 Å². The molecule has 0 saturated heterocycles. The fourth-order valence-electron chi connectivity index (χ4n) is 2.34. The highest BCUT2D eigenvalue weighted by molar-refractivity contribution is 8.00. The van der Waals surface area contributed by atoms with Gasteiger partial charge in [-0.3, -0.25) is 4.79 Å². The Kier molecular flexibility index (Phi) is 5.64. The molecule has 0 aromatic heterocycles. The summed E-state index contributed by atoms with van der Waals surface area (Å²) in [5.74, 6) is 1.94. The molecule has 0 unspecified atom stereocenters. The van der Waals surface area contributed by atoms with E-state index in [0.29, 0.717) is 25.5 Å². The molecular formula is C19H21NO3S. The van der Waals surface area contributed by atoms with Crippen molar-refractivity contribution in [3.63, 3.8) is 0 Å². The van der Waals surface area contributed by atoms with Crippen LogP contribution in [-0.4, -0.2) is 24.9 Å². The largest absolute Gasteiger partial charge is 0.490 e. The quantitative estimate of drug-likeness (QED) is 0.843. The van der Waals surface area contributed by atoms with E-state index in [4.69, 9.17) is 9.47 Å². The molecule has 0 atom stereocenters. The summed E-state index contributed by atoms with van der Waals surface area (Å²) in [6, 6.07) is 14.0. The molecule has 4 nitrogen and oxygen atoms in total. The lowest BCUT2D eigenvalue weighted by Crippen LogP contribution is -2.24. The number of amides is 1. The average molecular weight is 343 g/mol. The normalized spacial score (nSPS) is 13.2. The standard InChI is InChI=1S/C19H21NO3S/c1-14-3-5-15(6-4-14)12-20-19(21)13-24-16-7-8-17-18(11-16)23-10-2-9-22-17/h3-8,11H,2,9-10,12-13H2,1H3,(H,20,21). The highest BCUT2D eigenvalue weighted by Crippen LogP contribution is 2.33. The Labute approximate surface area is 146 Å². The second-order valence-electron chi connectivity index (χ2n) is 5.71. The summed E-state index contributed by atoms with van der Waals surface area (Å²) in [7, 11) is 0. The maximum Gasteiger partial charge on any atom is 0.230 e. The maximum absolute atomic E-state index is 12.0. The van der Waals surface area contributed by atoms with Gasteiger partial charge in [-0.25, -0.2) is 0 Å². The second kappa shape index (κ2) is 8.11. The average Bonchev–Trinajstić information content (AvgIpc) is 2.84. The van der Waals surface area contributed by atoms with Crippen molar-refractivity contribution in [1.29, 1.82) is 0 Å². The molecule has 1 aliphatic heterocycles. The highest BCUT2D eigenvalue weighted by atomic mass is 32.2. The van der Waals surface area contributed by atoms with Crippen LogP contribution < -0.4 is 14.8 Å². The third kappa shape index (κ3) is 4.68. The highest BCUT2D eigenvalue weighted by Gasteiger charge is 2.11. The number of nitrogens with one attached hydrogen (secondary N) is 1.